The molecular formula is C22H28F4O. The summed E-state index contributed by atoms with van der Waals surface area (Å²) in [5.41, 5.74) is -0.672. The van der Waals surface area contributed by atoms with Gasteiger partial charge in [0.25, 0.3) is 0 Å². The van der Waals surface area contributed by atoms with Crippen LogP contribution in [0.2, 0.25) is 0 Å². The lowest BCUT2D eigenvalue weighted by atomic mass is 9.69. The monoisotopic (exact) mass is 384 g/mol. The number of benzene rings is 1. The van der Waals surface area contributed by atoms with Crippen LogP contribution in [0.1, 0.15) is 63.9 Å². The Kier molecular flexibility index (Phi) is 6.48. The third-order valence-corrected chi connectivity index (χ3v) is 6.57. The van der Waals surface area contributed by atoms with E-state index in [1.54, 1.807) is 0 Å². The van der Waals surface area contributed by atoms with Gasteiger partial charge in [-0.1, -0.05) is 19.8 Å². The molecule has 0 atom stereocenters. The molecule has 1 nitrogen and oxygen atoms in total. The van der Waals surface area contributed by atoms with Gasteiger partial charge in [0.15, 0.2) is 17.4 Å². The van der Waals surface area contributed by atoms with Crippen LogP contribution in [0.3, 0.4) is 0 Å². The quantitative estimate of drug-likeness (QED) is 0.498. The molecule has 1 aromatic rings. The van der Waals surface area contributed by atoms with Gasteiger partial charge in [-0.3, -0.25) is 0 Å². The molecule has 0 amide bonds. The summed E-state index contributed by atoms with van der Waals surface area (Å²) in [6, 6.07) is 2.14. The second kappa shape index (κ2) is 8.66. The van der Waals surface area contributed by atoms with Crippen molar-refractivity contribution in [3.05, 3.63) is 35.2 Å². The van der Waals surface area contributed by atoms with Gasteiger partial charge in [0.2, 0.25) is 5.82 Å². The highest BCUT2D eigenvalue weighted by Crippen LogP contribution is 2.44. The van der Waals surface area contributed by atoms with Gasteiger partial charge in [-0.2, -0.15) is 4.39 Å². The number of hydrogen-bond donors (Lipinski definition) is 0. The van der Waals surface area contributed by atoms with Gasteiger partial charge in [0, 0.05) is 5.92 Å². The average molecular weight is 384 g/mol. The van der Waals surface area contributed by atoms with Gasteiger partial charge in [0.1, 0.15) is 5.83 Å². The molecule has 0 radical (unpaired) electrons. The Bertz CT molecular complexity index is 684. The smallest absolute Gasteiger partial charge is 0.201 e. The van der Waals surface area contributed by atoms with Gasteiger partial charge in [0.05, 0.1) is 12.7 Å². The molecule has 2 fully saturated rings. The molecule has 2 saturated carbocycles. The maximum atomic E-state index is 14.7. The molecule has 2 aliphatic carbocycles. The number of allylic oxidation sites excluding steroid dienone is 1. The fourth-order valence-electron chi connectivity index (χ4n) is 4.77. The summed E-state index contributed by atoms with van der Waals surface area (Å²) >= 11 is 0. The molecule has 1 aromatic carbocycles. The van der Waals surface area contributed by atoms with Crippen molar-refractivity contribution in [3.63, 3.8) is 0 Å². The second-order valence-electron chi connectivity index (χ2n) is 8.24. The van der Waals surface area contributed by atoms with Crippen LogP contribution in [0, 0.1) is 35.3 Å². The molecule has 0 bridgehead atoms. The summed E-state index contributed by atoms with van der Waals surface area (Å²) in [5.74, 6) is -3.74. The fraction of sp³-hybridized carbons (Fsp3) is 0.636. The molecule has 0 spiro atoms. The maximum absolute atomic E-state index is 14.7. The fourth-order valence-corrected chi connectivity index (χ4v) is 4.77. The summed E-state index contributed by atoms with van der Waals surface area (Å²) in [7, 11) is 1.19. The third kappa shape index (κ3) is 4.33. The SMILES string of the molecule is COc1ccc(C(F)=C(F)C2CCC(C3CCC(C)CC3)CC2)c(F)c1F. The normalized spacial score (nSPS) is 30.0. The first-order valence-corrected chi connectivity index (χ1v) is 9.99. The second-order valence-corrected chi connectivity index (χ2v) is 8.24. The minimum Gasteiger partial charge on any atom is -0.494 e. The first-order chi connectivity index (χ1) is 12.9. The molecule has 0 unspecified atom stereocenters. The number of ether oxygens (including phenoxy) is 1. The molecule has 0 heterocycles. The maximum Gasteiger partial charge on any atom is 0.201 e. The standard InChI is InChI=1S/C22H28F4O/c1-13-3-5-14(6-4-13)15-7-9-16(10-8-15)19(23)20(24)17-11-12-18(27-2)22(26)21(17)25/h11-16H,3-10H2,1-2H3. The number of rotatable bonds is 4. The lowest BCUT2D eigenvalue weighted by Crippen LogP contribution is -2.25. The van der Waals surface area contributed by atoms with E-state index in [0.29, 0.717) is 24.7 Å². The van der Waals surface area contributed by atoms with Crippen molar-refractivity contribution in [2.75, 3.05) is 7.11 Å². The predicted octanol–water partition coefficient (Wildman–Crippen LogP) is 7.21. The zero-order valence-corrected chi connectivity index (χ0v) is 16.0. The van der Waals surface area contributed by atoms with Crippen molar-refractivity contribution >= 4 is 5.83 Å². The number of hydrogen-bond acceptors (Lipinski definition) is 1. The zero-order chi connectivity index (χ0) is 19.6. The topological polar surface area (TPSA) is 9.23 Å². The molecule has 3 rings (SSSR count). The van der Waals surface area contributed by atoms with Crippen LogP contribution in [-0.2, 0) is 0 Å². The summed E-state index contributed by atoms with van der Waals surface area (Å²) < 4.78 is 61.7. The van der Waals surface area contributed by atoms with E-state index in [4.69, 9.17) is 0 Å². The summed E-state index contributed by atoms with van der Waals surface area (Å²) in [6.07, 6.45) is 7.88. The van der Waals surface area contributed by atoms with E-state index in [-0.39, 0.29) is 5.75 Å². The van der Waals surface area contributed by atoms with Gasteiger partial charge >= 0.3 is 0 Å². The number of methoxy groups -OCH3 is 1. The van der Waals surface area contributed by atoms with Crippen molar-refractivity contribution < 1.29 is 22.3 Å². The van der Waals surface area contributed by atoms with Crippen LogP contribution in [0.4, 0.5) is 17.6 Å². The van der Waals surface area contributed by atoms with E-state index in [0.717, 1.165) is 30.9 Å². The predicted molar refractivity (Wildman–Crippen MR) is 98.6 cm³/mol. The van der Waals surface area contributed by atoms with Gasteiger partial charge in [-0.05, 0) is 68.4 Å². The molecular weight excluding hydrogens is 356 g/mol. The molecule has 0 saturated heterocycles. The minimum absolute atomic E-state index is 0.327. The first kappa shape index (κ1) is 20.2. The van der Waals surface area contributed by atoms with Gasteiger partial charge < -0.3 is 4.74 Å². The summed E-state index contributed by atoms with van der Waals surface area (Å²) in [6.45, 7) is 2.29. The Morgan fingerprint density at radius 1 is 0.852 bits per heavy atom. The Hall–Kier alpha value is -1.52. The summed E-state index contributed by atoms with van der Waals surface area (Å²) in [4.78, 5) is 0. The molecule has 2 aliphatic rings. The van der Waals surface area contributed by atoms with Gasteiger partial charge in [-0.25, -0.2) is 13.2 Å². The first-order valence-electron chi connectivity index (χ1n) is 9.99. The van der Waals surface area contributed by atoms with E-state index >= 15 is 0 Å². The largest absolute Gasteiger partial charge is 0.494 e. The van der Waals surface area contributed by atoms with Gasteiger partial charge in [-0.15, -0.1) is 0 Å². The van der Waals surface area contributed by atoms with E-state index in [1.807, 2.05) is 0 Å². The zero-order valence-electron chi connectivity index (χ0n) is 16.0. The third-order valence-electron chi connectivity index (χ3n) is 6.57. The van der Waals surface area contributed by atoms with E-state index in [1.165, 1.54) is 32.8 Å². The lowest BCUT2D eigenvalue weighted by molar-refractivity contribution is 0.152. The average Bonchev–Trinajstić information content (AvgIpc) is 2.70. The lowest BCUT2D eigenvalue weighted by Gasteiger charge is -2.37. The van der Waals surface area contributed by atoms with Crippen molar-refractivity contribution in [3.8, 4) is 5.75 Å². The molecule has 5 heteroatoms. The molecule has 0 N–H and O–H groups in total. The Balaban J connectivity index is 1.67. The van der Waals surface area contributed by atoms with Crippen molar-refractivity contribution in [2.24, 2.45) is 23.7 Å². The van der Waals surface area contributed by atoms with Crippen LogP contribution < -0.4 is 4.74 Å². The molecule has 150 valence electrons. The van der Waals surface area contributed by atoms with Crippen molar-refractivity contribution in [2.45, 2.75) is 58.3 Å². The van der Waals surface area contributed by atoms with E-state index in [2.05, 4.69) is 11.7 Å². The summed E-state index contributed by atoms with van der Waals surface area (Å²) in [5, 5.41) is 0. The molecule has 27 heavy (non-hydrogen) atoms. The highest BCUT2D eigenvalue weighted by molar-refractivity contribution is 5.63. The van der Waals surface area contributed by atoms with Crippen LogP contribution in [0.25, 0.3) is 5.83 Å². The minimum atomic E-state index is -1.41. The highest BCUT2D eigenvalue weighted by atomic mass is 19.2. The van der Waals surface area contributed by atoms with E-state index < -0.39 is 34.8 Å². The van der Waals surface area contributed by atoms with E-state index in [9.17, 15) is 17.6 Å². The Morgan fingerprint density at radius 2 is 1.41 bits per heavy atom. The van der Waals surface area contributed by atoms with Crippen LogP contribution in [0.15, 0.2) is 18.0 Å². The van der Waals surface area contributed by atoms with Crippen LogP contribution in [0.5, 0.6) is 5.75 Å². The van der Waals surface area contributed by atoms with Crippen molar-refractivity contribution in [1.82, 2.24) is 0 Å². The molecule has 0 aromatic heterocycles. The van der Waals surface area contributed by atoms with Crippen LogP contribution >= 0.6 is 0 Å². The molecule has 0 aliphatic heterocycles. The Morgan fingerprint density at radius 3 is 1.96 bits per heavy atom. The number of halogens is 4. The van der Waals surface area contributed by atoms with Crippen LogP contribution in [-0.4, -0.2) is 7.11 Å². The van der Waals surface area contributed by atoms with Crippen molar-refractivity contribution in [1.29, 1.82) is 0 Å². The Labute approximate surface area is 158 Å². The highest BCUT2D eigenvalue weighted by Gasteiger charge is 2.33.